The predicted molar refractivity (Wildman–Crippen MR) is 158 cm³/mol. The van der Waals surface area contributed by atoms with E-state index >= 15 is 0 Å². The third kappa shape index (κ3) is 8.40. The van der Waals surface area contributed by atoms with Gasteiger partial charge in [0.25, 0.3) is 10.0 Å². The number of carbonyl (C=O) groups excluding carboxylic acids is 1. The second-order valence-corrected chi connectivity index (χ2v) is 12.0. The highest BCUT2D eigenvalue weighted by Crippen LogP contribution is 2.33. The quantitative estimate of drug-likeness (QED) is 0.236. The first-order valence-electron chi connectivity index (χ1n) is 14.2. The van der Waals surface area contributed by atoms with E-state index in [1.54, 1.807) is 12.1 Å². The van der Waals surface area contributed by atoms with Gasteiger partial charge in [0, 0.05) is 13.0 Å². The molecule has 0 aromatic heterocycles. The molecule has 0 aliphatic heterocycles. The molecule has 0 saturated heterocycles. The van der Waals surface area contributed by atoms with Crippen LogP contribution in [0.3, 0.4) is 0 Å². The van der Waals surface area contributed by atoms with Gasteiger partial charge < -0.3 is 15.2 Å². The van der Waals surface area contributed by atoms with Gasteiger partial charge in [-0.1, -0.05) is 74.0 Å². The number of amides is 1. The zero-order valence-electron chi connectivity index (χ0n) is 23.1. The van der Waals surface area contributed by atoms with Crippen LogP contribution in [-0.4, -0.2) is 38.6 Å². The third-order valence-electron chi connectivity index (χ3n) is 7.20. The second-order valence-electron chi connectivity index (χ2n) is 10.4. The molecule has 1 amide bonds. The minimum absolute atomic E-state index is 0.00772. The molecule has 3 aromatic carbocycles. The van der Waals surface area contributed by atoms with Gasteiger partial charge in [0.05, 0.1) is 12.2 Å². The topological polar surface area (TPSA) is 105 Å². The second kappa shape index (κ2) is 14.4. The summed E-state index contributed by atoms with van der Waals surface area (Å²) in [4.78, 5) is 12.1. The molecule has 0 bridgehead atoms. The predicted octanol–water partition coefficient (Wildman–Crippen LogP) is 5.54. The van der Waals surface area contributed by atoms with Gasteiger partial charge in [-0.05, 0) is 79.5 Å². The molecule has 1 aliphatic carbocycles. The molecule has 0 heterocycles. The number of hydrogen-bond acceptors (Lipinski definition) is 6. The molecule has 1 fully saturated rings. The molecular formula is C32H40N2O5S. The van der Waals surface area contributed by atoms with Crippen molar-refractivity contribution in [1.82, 2.24) is 10.0 Å². The molecule has 3 N–H and O–H groups in total. The van der Waals surface area contributed by atoms with Crippen LogP contribution in [0.2, 0.25) is 0 Å². The third-order valence-corrected chi connectivity index (χ3v) is 8.62. The average Bonchev–Trinajstić information content (AvgIpc) is 2.96. The van der Waals surface area contributed by atoms with Crippen molar-refractivity contribution in [3.63, 3.8) is 0 Å². The summed E-state index contributed by atoms with van der Waals surface area (Å²) in [6, 6.07) is 22.8. The Balaban J connectivity index is 1.44. The van der Waals surface area contributed by atoms with Gasteiger partial charge in [0.1, 0.15) is 10.6 Å². The van der Waals surface area contributed by atoms with Crippen molar-refractivity contribution in [3.8, 4) is 16.9 Å². The Kier molecular flexibility index (Phi) is 10.7. The summed E-state index contributed by atoms with van der Waals surface area (Å²) in [6.07, 6.45) is 5.98. The van der Waals surface area contributed by atoms with E-state index in [0.29, 0.717) is 13.0 Å². The van der Waals surface area contributed by atoms with Crippen LogP contribution in [0.15, 0.2) is 77.7 Å². The number of carbonyl (C=O) groups is 1. The number of rotatable bonds is 13. The number of ether oxygens (including phenoxy) is 1. The van der Waals surface area contributed by atoms with Gasteiger partial charge >= 0.3 is 0 Å². The fourth-order valence-corrected chi connectivity index (χ4v) is 6.11. The highest BCUT2D eigenvalue weighted by atomic mass is 32.2. The van der Waals surface area contributed by atoms with Crippen LogP contribution in [0.5, 0.6) is 5.75 Å². The number of sulfonamides is 1. The van der Waals surface area contributed by atoms with Crippen molar-refractivity contribution < 1.29 is 23.1 Å². The monoisotopic (exact) mass is 564 g/mol. The Morgan fingerprint density at radius 3 is 2.38 bits per heavy atom. The molecule has 0 spiro atoms. The fourth-order valence-electron chi connectivity index (χ4n) is 4.98. The lowest BCUT2D eigenvalue weighted by molar-refractivity contribution is -0.119. The van der Waals surface area contributed by atoms with Crippen LogP contribution in [0.4, 0.5) is 0 Å². The minimum atomic E-state index is -4.05. The van der Waals surface area contributed by atoms with E-state index in [0.717, 1.165) is 67.3 Å². The molecule has 4 rings (SSSR count). The van der Waals surface area contributed by atoms with Crippen molar-refractivity contribution in [2.24, 2.45) is 0 Å². The fraction of sp³-hybridized carbons (Fsp3) is 0.406. The SMILES string of the molecule is CCCC(=O)NS(=O)(=O)c1ccc(-c2ccc(CCNC[C@H](O)c3ccccc3)cc2)cc1OC1CCCCC1. The van der Waals surface area contributed by atoms with E-state index in [4.69, 9.17) is 4.74 Å². The Bertz CT molecular complexity index is 1340. The van der Waals surface area contributed by atoms with Crippen LogP contribution >= 0.6 is 0 Å². The molecule has 214 valence electrons. The number of aliphatic hydroxyl groups is 1. The van der Waals surface area contributed by atoms with Crippen LogP contribution in [0, 0.1) is 0 Å². The zero-order chi connectivity index (χ0) is 28.4. The van der Waals surface area contributed by atoms with Crippen molar-refractivity contribution >= 4 is 15.9 Å². The van der Waals surface area contributed by atoms with Gasteiger partial charge in [-0.15, -0.1) is 0 Å². The first kappa shape index (κ1) is 29.8. The maximum absolute atomic E-state index is 13.1. The van der Waals surface area contributed by atoms with E-state index in [-0.39, 0.29) is 23.2 Å². The number of benzene rings is 3. The van der Waals surface area contributed by atoms with Crippen molar-refractivity contribution in [1.29, 1.82) is 0 Å². The maximum Gasteiger partial charge on any atom is 0.267 e. The lowest BCUT2D eigenvalue weighted by atomic mass is 9.97. The molecule has 1 aliphatic rings. The molecule has 0 unspecified atom stereocenters. The maximum atomic E-state index is 13.1. The summed E-state index contributed by atoms with van der Waals surface area (Å²) in [7, 11) is -4.05. The van der Waals surface area contributed by atoms with Gasteiger partial charge in [0.2, 0.25) is 5.91 Å². The molecule has 8 heteroatoms. The largest absolute Gasteiger partial charge is 0.489 e. The Labute approximate surface area is 238 Å². The van der Waals surface area contributed by atoms with Gasteiger partial charge in [-0.2, -0.15) is 0 Å². The summed E-state index contributed by atoms with van der Waals surface area (Å²) in [5.74, 6) is -0.235. The van der Waals surface area contributed by atoms with Crippen LogP contribution in [0.1, 0.15) is 69.1 Å². The normalized spacial score (nSPS) is 14.9. The van der Waals surface area contributed by atoms with E-state index in [2.05, 4.69) is 22.2 Å². The van der Waals surface area contributed by atoms with E-state index in [9.17, 15) is 18.3 Å². The lowest BCUT2D eigenvalue weighted by Crippen LogP contribution is -2.31. The summed E-state index contributed by atoms with van der Waals surface area (Å²) in [5, 5.41) is 13.6. The smallest absolute Gasteiger partial charge is 0.267 e. The summed E-state index contributed by atoms with van der Waals surface area (Å²) in [5.41, 5.74) is 3.85. The van der Waals surface area contributed by atoms with Gasteiger partial charge in [-0.25, -0.2) is 13.1 Å². The number of nitrogens with one attached hydrogen (secondary N) is 2. The highest BCUT2D eigenvalue weighted by Gasteiger charge is 2.25. The number of hydrogen-bond donors (Lipinski definition) is 3. The van der Waals surface area contributed by atoms with Crippen LogP contribution in [-0.2, 0) is 21.2 Å². The average molecular weight is 565 g/mol. The van der Waals surface area contributed by atoms with Crippen molar-refractivity contribution in [3.05, 3.63) is 83.9 Å². The van der Waals surface area contributed by atoms with Crippen LogP contribution < -0.4 is 14.8 Å². The van der Waals surface area contributed by atoms with Gasteiger partial charge in [-0.3, -0.25) is 4.79 Å². The molecule has 3 aromatic rings. The molecular weight excluding hydrogens is 524 g/mol. The Hall–Kier alpha value is -3.20. The zero-order valence-corrected chi connectivity index (χ0v) is 24.0. The summed E-state index contributed by atoms with van der Waals surface area (Å²) in [6.45, 7) is 3.05. The Morgan fingerprint density at radius 1 is 0.975 bits per heavy atom. The van der Waals surface area contributed by atoms with Crippen molar-refractivity contribution in [2.45, 2.75) is 75.4 Å². The summed E-state index contributed by atoms with van der Waals surface area (Å²) < 4.78 is 34.6. The lowest BCUT2D eigenvalue weighted by Gasteiger charge is -2.24. The van der Waals surface area contributed by atoms with Crippen molar-refractivity contribution in [2.75, 3.05) is 13.1 Å². The van der Waals surface area contributed by atoms with E-state index < -0.39 is 22.0 Å². The molecule has 1 saturated carbocycles. The van der Waals surface area contributed by atoms with Crippen LogP contribution in [0.25, 0.3) is 11.1 Å². The van der Waals surface area contributed by atoms with E-state index in [1.807, 2.05) is 49.4 Å². The first-order chi connectivity index (χ1) is 19.4. The van der Waals surface area contributed by atoms with E-state index in [1.165, 1.54) is 6.07 Å². The van der Waals surface area contributed by atoms with Gasteiger partial charge in [0.15, 0.2) is 0 Å². The number of aliphatic hydroxyl groups excluding tert-OH is 1. The molecule has 40 heavy (non-hydrogen) atoms. The Morgan fingerprint density at radius 2 is 1.68 bits per heavy atom. The molecule has 7 nitrogen and oxygen atoms in total. The minimum Gasteiger partial charge on any atom is -0.489 e. The first-order valence-corrected chi connectivity index (χ1v) is 15.7. The highest BCUT2D eigenvalue weighted by molar-refractivity contribution is 7.90. The molecule has 0 radical (unpaired) electrons. The standard InChI is InChI=1S/C32H40N2O5S/c1-2-9-32(36)34-40(37,38)31-19-18-27(22-30(31)39-28-12-7-4-8-13-28)25-16-14-24(15-17-25)20-21-33-23-29(35)26-10-5-3-6-11-26/h3,5-6,10-11,14-19,22,28-29,33,35H,2,4,7-9,12-13,20-21,23H2,1H3,(H,34,36)/t29-/m0/s1. The summed E-state index contributed by atoms with van der Waals surface area (Å²) >= 11 is 0. The molecule has 1 atom stereocenters.